The first-order valence-electron chi connectivity index (χ1n) is 51.6. The van der Waals surface area contributed by atoms with Crippen LogP contribution < -0.4 is 21.3 Å². The molecule has 27 nitrogen and oxygen atoms in total. The number of ether oxygens (including phenoxy) is 2. The van der Waals surface area contributed by atoms with Gasteiger partial charge in [0.15, 0.2) is 0 Å². The molecule has 129 heavy (non-hydrogen) atoms. The summed E-state index contributed by atoms with van der Waals surface area (Å²) in [5.74, 6) is 0. The third-order valence-corrected chi connectivity index (χ3v) is 34.7. The molecule has 21 aliphatic heterocycles. The van der Waals surface area contributed by atoms with Crippen molar-refractivity contribution in [2.24, 2.45) is 0 Å². The van der Waals surface area contributed by atoms with Gasteiger partial charge in [-0.25, -0.2) is 39.2 Å². The molecule has 4 N–H and O–H groups in total. The molecule has 21 heterocycles. The van der Waals surface area contributed by atoms with Crippen molar-refractivity contribution in [1.29, 1.82) is 0 Å². The number of nitrogens with zero attached hydrogens (tertiary/aromatic N) is 21. The molecule has 4 aromatic carbocycles. The molecule has 0 amide bonds. The molecular formula is C100H169Br2N25O2+4. The minimum Gasteiger partial charge on any atom is -0.343 e. The van der Waals surface area contributed by atoms with Crippen molar-refractivity contribution < 1.29 is 27.4 Å². The van der Waals surface area contributed by atoms with Gasteiger partial charge in [0.1, 0.15) is 38.8 Å². The molecule has 0 atom stereocenters. The van der Waals surface area contributed by atoms with Crippen molar-refractivity contribution in [1.82, 2.24) is 105 Å². The summed E-state index contributed by atoms with van der Waals surface area (Å²) >= 11 is 6.81. The highest BCUT2D eigenvalue weighted by molar-refractivity contribution is 9.08. The Morgan fingerprint density at radius 2 is 0.512 bits per heavy atom. The average Bonchev–Trinajstić information content (AvgIpc) is 1.58. The summed E-state index contributed by atoms with van der Waals surface area (Å²) in [5.41, 5.74) is 11.9. The largest absolute Gasteiger partial charge is 0.343 e. The zero-order valence-electron chi connectivity index (χ0n) is 80.2. The minimum atomic E-state index is -0.213. The van der Waals surface area contributed by atoms with Crippen LogP contribution in [0.1, 0.15) is 102 Å². The molecule has 0 radical (unpaired) electrons. The molecule has 21 aliphatic rings. The summed E-state index contributed by atoms with van der Waals surface area (Å²) in [7, 11) is 6.98. The van der Waals surface area contributed by atoms with E-state index in [9.17, 15) is 0 Å². The molecular weight excluding hydrogens is 1740 g/mol. The van der Waals surface area contributed by atoms with Crippen molar-refractivity contribution in [2.75, 3.05) is 342 Å². The highest BCUT2D eigenvalue weighted by Crippen LogP contribution is 2.43. The Hall–Kier alpha value is -3.24. The Labute approximate surface area is 794 Å². The standard InChI is InChI=1S/2C22H34N6.C22H38N4.C8H8Br2.2C7H13N3.C7H16N2.C5H13NO2/c2*1-2-19(17-27-12-8-23-4-5-24(9-13-27)21(23)27)16-20(3-1)18-28-14-10-25-6-7-26(11-15-28)22(25)28;1-3-10-23-12-16-25(14-5-1)19-21-8-7-9-22(18-21)20-26-15-6-2-4-11-24-13-17-26;9-5-7-2-1-3-8(4-7)6-10;2*1-2-9-5-6-10-4-3-8(1)7(9)10;1-2-4-8-6-7-9-5-3-1;1-6(2)5(7-3)8-4/h2*1-3,16,21-22H,4-15,17-18H2;7-9,18,23-24H,1-6,10-17,19-20H2;1-4H,5-6H2;2*7H,1-6H2;8-9H,1-7H2;5H,1-4H3/q2*+2;;;;;;. The van der Waals surface area contributed by atoms with E-state index >= 15 is 0 Å². The van der Waals surface area contributed by atoms with E-state index < -0.39 is 0 Å². The minimum absolute atomic E-state index is 0.213. The van der Waals surface area contributed by atoms with Gasteiger partial charge in [-0.15, -0.1) is 0 Å². The lowest BCUT2D eigenvalue weighted by atomic mass is 10.1. The van der Waals surface area contributed by atoms with Crippen LogP contribution in [0.15, 0.2) is 97.1 Å². The Morgan fingerprint density at radius 3 is 0.767 bits per heavy atom. The number of nitrogens with one attached hydrogen (secondary N) is 4. The van der Waals surface area contributed by atoms with Crippen molar-refractivity contribution in [3.63, 3.8) is 0 Å². The lowest BCUT2D eigenvalue weighted by Crippen LogP contribution is -2.52. The Balaban J connectivity index is 0.000000105. The number of quaternary nitrogens is 4. The Bertz CT molecular complexity index is 3560. The second-order valence-electron chi connectivity index (χ2n) is 41.9. The molecule has 0 bridgehead atoms. The monoisotopic (exact) mass is 1910 g/mol. The number of methoxy groups -OCH3 is 2. The van der Waals surface area contributed by atoms with Crippen molar-refractivity contribution in [3.05, 3.63) is 142 Å². The predicted molar refractivity (Wildman–Crippen MR) is 526 cm³/mol. The SMILES string of the molecule is BrCc1cccc(CBr)c1.C1CCNCCNCC1.C1CN2CCN3CCN1C23.C1CN2CCN3CCN1C23.COC(OC)N(C)C.c1cc(CN2CCCCCNCC2)cc(CN2CCCCCNCC2)c1.c1cc(C[N+]23CCN4CCN(CC2)C43)cc(C[N+]23CCN4CCN(CC2)C43)c1.c1cc(C[N+]23CCN4CCN(CC2)C43)cc(C[N+]23CCN4CCN(CC2)C43)c1. The molecule has 0 saturated carbocycles. The quantitative estimate of drug-likeness (QED) is 0.0598. The van der Waals surface area contributed by atoms with Gasteiger partial charge in [-0.3, -0.25) is 62.0 Å². The summed E-state index contributed by atoms with van der Waals surface area (Å²) in [5, 5.41) is 15.7. The highest BCUT2D eigenvalue weighted by atomic mass is 79.9. The molecule has 29 heteroatoms. The summed E-state index contributed by atoms with van der Waals surface area (Å²) in [6.07, 6.45) is 16.1. The van der Waals surface area contributed by atoms with Crippen LogP contribution in [0.4, 0.5) is 0 Å². The third-order valence-electron chi connectivity index (χ3n) is 33.4. The van der Waals surface area contributed by atoms with Crippen LogP contribution in [0.2, 0.25) is 0 Å². The number of benzene rings is 4. The number of halogens is 2. The fourth-order valence-corrected chi connectivity index (χ4v) is 27.8. The lowest BCUT2D eigenvalue weighted by Gasteiger charge is -2.36. The lowest BCUT2D eigenvalue weighted by molar-refractivity contribution is -0.949. The van der Waals surface area contributed by atoms with E-state index in [1.807, 2.05) is 19.0 Å². The zero-order valence-corrected chi connectivity index (χ0v) is 83.4. The maximum Gasteiger partial charge on any atom is 0.217 e. The van der Waals surface area contributed by atoms with E-state index in [-0.39, 0.29) is 6.41 Å². The first-order chi connectivity index (χ1) is 63.4. The van der Waals surface area contributed by atoms with Crippen molar-refractivity contribution in [2.45, 2.75) is 152 Å². The average molecular weight is 1910 g/mol. The fraction of sp³-hybridized carbons (Fsp3) is 0.760. The van der Waals surface area contributed by atoms with Crippen molar-refractivity contribution >= 4 is 31.9 Å². The molecule has 21 fully saturated rings. The van der Waals surface area contributed by atoms with Crippen LogP contribution in [0.25, 0.3) is 0 Å². The van der Waals surface area contributed by atoms with E-state index in [2.05, 4.69) is 229 Å². The second-order valence-corrected chi connectivity index (χ2v) is 43.0. The second kappa shape index (κ2) is 46.0. The van der Waals surface area contributed by atoms with Gasteiger partial charge in [0.25, 0.3) is 0 Å². The number of hydrogen-bond donors (Lipinski definition) is 4. The van der Waals surface area contributed by atoms with Gasteiger partial charge < -0.3 is 30.7 Å². The van der Waals surface area contributed by atoms with Crippen LogP contribution in [-0.4, -0.2) is 488 Å². The number of rotatable bonds is 17. The zero-order chi connectivity index (χ0) is 88.0. The van der Waals surface area contributed by atoms with Crippen LogP contribution in [0, 0.1) is 0 Å². The number of hydrogen-bond acceptors (Lipinski definition) is 23. The van der Waals surface area contributed by atoms with E-state index in [4.69, 9.17) is 9.47 Å². The summed E-state index contributed by atoms with van der Waals surface area (Å²) in [6, 6.07) is 37.2. The molecule has 25 rings (SSSR count). The molecule has 0 aliphatic carbocycles. The van der Waals surface area contributed by atoms with Gasteiger partial charge >= 0.3 is 0 Å². The number of alkyl halides is 2. The summed E-state index contributed by atoms with van der Waals surface area (Å²) in [6.45, 7) is 68.4. The molecule has 0 spiro atoms. The van der Waals surface area contributed by atoms with Crippen LogP contribution in [-0.2, 0) is 59.4 Å². The van der Waals surface area contributed by atoms with Crippen molar-refractivity contribution in [3.8, 4) is 0 Å². The molecule has 21 saturated heterocycles. The molecule has 4 aromatic rings. The Kier molecular flexibility index (Phi) is 34.3. The van der Waals surface area contributed by atoms with Gasteiger partial charge in [-0.1, -0.05) is 136 Å². The first-order valence-corrected chi connectivity index (χ1v) is 53.9. The molecule has 0 unspecified atom stereocenters. The first kappa shape index (κ1) is 96.0. The normalized spacial score (nSPS) is 31.8. The van der Waals surface area contributed by atoms with Crippen LogP contribution >= 0.6 is 31.9 Å². The van der Waals surface area contributed by atoms with E-state index in [0.29, 0.717) is 25.2 Å². The van der Waals surface area contributed by atoms with Gasteiger partial charge in [-0.05, 0) is 126 Å². The molecule has 716 valence electrons. The van der Waals surface area contributed by atoms with E-state index in [1.54, 1.807) is 36.5 Å². The van der Waals surface area contributed by atoms with Gasteiger partial charge in [-0.2, -0.15) is 0 Å². The van der Waals surface area contributed by atoms with Crippen LogP contribution in [0.3, 0.4) is 0 Å². The maximum absolute atomic E-state index is 4.86. The summed E-state index contributed by atoms with van der Waals surface area (Å²) in [4.78, 5) is 44.6. The smallest absolute Gasteiger partial charge is 0.217 e. The highest BCUT2D eigenvalue weighted by Gasteiger charge is 2.62. The third kappa shape index (κ3) is 23.0. The van der Waals surface area contributed by atoms with Crippen LogP contribution in [0.5, 0.6) is 0 Å². The summed E-state index contributed by atoms with van der Waals surface area (Å²) < 4.78 is 14.9. The predicted octanol–water partition coefficient (Wildman–Crippen LogP) is 5.58. The van der Waals surface area contributed by atoms with E-state index in [1.165, 1.54) is 412 Å². The van der Waals surface area contributed by atoms with Gasteiger partial charge in [0.2, 0.25) is 31.6 Å². The molecule has 0 aromatic heterocycles. The fourth-order valence-electron chi connectivity index (χ4n) is 27.1. The van der Waals surface area contributed by atoms with Gasteiger partial charge in [0.05, 0.1) is 105 Å². The Morgan fingerprint density at radius 1 is 0.279 bits per heavy atom. The van der Waals surface area contributed by atoms with Gasteiger partial charge in [0, 0.05) is 230 Å². The maximum atomic E-state index is 4.86. The topological polar surface area (TPSA) is 122 Å². The van der Waals surface area contributed by atoms with E-state index in [0.717, 1.165) is 62.5 Å².